The van der Waals surface area contributed by atoms with Crippen molar-refractivity contribution in [1.29, 1.82) is 0 Å². The van der Waals surface area contributed by atoms with E-state index in [9.17, 15) is 14.0 Å². The zero-order chi connectivity index (χ0) is 14.3. The maximum absolute atomic E-state index is 12.7. The molecule has 104 valence electrons. The Labute approximate surface area is 110 Å². The van der Waals surface area contributed by atoms with Gasteiger partial charge in [0.1, 0.15) is 5.82 Å². The Bertz CT molecular complexity index is 433. The van der Waals surface area contributed by atoms with Crippen molar-refractivity contribution in [2.24, 2.45) is 0 Å². The van der Waals surface area contributed by atoms with Crippen molar-refractivity contribution in [1.82, 2.24) is 5.32 Å². The molecule has 0 fully saturated rings. The van der Waals surface area contributed by atoms with Crippen LogP contribution in [0.5, 0.6) is 0 Å². The van der Waals surface area contributed by atoms with Crippen LogP contribution in [0.1, 0.15) is 12.0 Å². The third-order valence-corrected chi connectivity index (χ3v) is 2.56. The van der Waals surface area contributed by atoms with Crippen LogP contribution in [0.15, 0.2) is 24.3 Å². The van der Waals surface area contributed by atoms with E-state index in [-0.39, 0.29) is 18.1 Å². The molecule has 1 rings (SSSR count). The van der Waals surface area contributed by atoms with Gasteiger partial charge in [0, 0.05) is 6.42 Å². The van der Waals surface area contributed by atoms with Gasteiger partial charge in [0.25, 0.3) is 0 Å². The maximum atomic E-state index is 12.7. The van der Waals surface area contributed by atoms with E-state index in [4.69, 9.17) is 5.11 Å². The fraction of sp³-hybridized carbons (Fsp3) is 0.385. The summed E-state index contributed by atoms with van der Waals surface area (Å²) < 4.78 is 17.1. The molecule has 1 atom stereocenters. The Morgan fingerprint density at radius 2 is 2.00 bits per heavy atom. The van der Waals surface area contributed by atoms with Gasteiger partial charge in [-0.3, -0.25) is 4.79 Å². The molecule has 0 aliphatic carbocycles. The number of nitrogens with one attached hydrogen (secondary N) is 1. The quantitative estimate of drug-likeness (QED) is 0.733. The molecule has 0 bridgehead atoms. The number of ether oxygens (including phenoxy) is 1. The topological polar surface area (TPSA) is 75.6 Å². The van der Waals surface area contributed by atoms with Gasteiger partial charge in [-0.15, -0.1) is 0 Å². The predicted octanol–water partition coefficient (Wildman–Crippen LogP) is 0.408. The van der Waals surface area contributed by atoms with Gasteiger partial charge in [-0.2, -0.15) is 0 Å². The molecule has 0 saturated carbocycles. The molecule has 0 aliphatic rings. The number of hydrogen-bond donors (Lipinski definition) is 2. The molecule has 2 N–H and O–H groups in total. The summed E-state index contributed by atoms with van der Waals surface area (Å²) in [4.78, 5) is 22.7. The summed E-state index contributed by atoms with van der Waals surface area (Å²) in [5.41, 5.74) is 0.815. The first kappa shape index (κ1) is 15.1. The van der Waals surface area contributed by atoms with Crippen LogP contribution in [0.4, 0.5) is 4.39 Å². The van der Waals surface area contributed by atoms with E-state index in [1.54, 1.807) is 12.1 Å². The summed E-state index contributed by atoms with van der Waals surface area (Å²) in [6, 6.07) is 4.76. The molecule has 0 radical (unpaired) electrons. The molecule has 0 spiro atoms. The second-order valence-electron chi connectivity index (χ2n) is 3.95. The minimum absolute atomic E-state index is 0.138. The summed E-state index contributed by atoms with van der Waals surface area (Å²) in [5.74, 6) is -1.41. The maximum Gasteiger partial charge on any atom is 0.330 e. The lowest BCUT2D eigenvalue weighted by Gasteiger charge is -2.13. The fourth-order valence-electron chi connectivity index (χ4n) is 1.50. The summed E-state index contributed by atoms with van der Waals surface area (Å²) >= 11 is 0. The number of carbonyl (C=O) groups excluding carboxylic acids is 2. The van der Waals surface area contributed by atoms with Crippen molar-refractivity contribution in [3.05, 3.63) is 35.6 Å². The van der Waals surface area contributed by atoms with Gasteiger partial charge in [-0.25, -0.2) is 9.18 Å². The number of amides is 1. The van der Waals surface area contributed by atoms with Crippen molar-refractivity contribution >= 4 is 11.9 Å². The van der Waals surface area contributed by atoms with Crippen LogP contribution < -0.4 is 5.32 Å². The third-order valence-electron chi connectivity index (χ3n) is 2.56. The van der Waals surface area contributed by atoms with Crippen LogP contribution in [0.2, 0.25) is 0 Å². The Morgan fingerprint density at radius 3 is 2.53 bits per heavy atom. The van der Waals surface area contributed by atoms with Crippen molar-refractivity contribution in [3.63, 3.8) is 0 Å². The van der Waals surface area contributed by atoms with Gasteiger partial charge in [0.2, 0.25) is 5.91 Å². The first-order chi connectivity index (χ1) is 9.06. The van der Waals surface area contributed by atoms with E-state index in [1.807, 2.05) is 0 Å². The fourth-order valence-corrected chi connectivity index (χ4v) is 1.50. The molecule has 0 saturated heterocycles. The summed E-state index contributed by atoms with van der Waals surface area (Å²) in [6.45, 7) is -0.519. The van der Waals surface area contributed by atoms with Gasteiger partial charge in [0.05, 0.1) is 13.7 Å². The van der Waals surface area contributed by atoms with Crippen molar-refractivity contribution < 1.29 is 23.8 Å². The highest BCUT2D eigenvalue weighted by Gasteiger charge is 2.19. The number of aryl methyl sites for hydroxylation is 1. The molecule has 0 unspecified atom stereocenters. The molecule has 5 nitrogen and oxygen atoms in total. The second kappa shape index (κ2) is 7.48. The van der Waals surface area contributed by atoms with E-state index >= 15 is 0 Å². The number of aliphatic hydroxyl groups is 1. The zero-order valence-corrected chi connectivity index (χ0v) is 10.6. The molecule has 0 heterocycles. The van der Waals surface area contributed by atoms with E-state index < -0.39 is 18.6 Å². The Morgan fingerprint density at radius 1 is 1.37 bits per heavy atom. The normalized spacial score (nSPS) is 11.7. The molecule has 0 aromatic heterocycles. The number of esters is 1. The Balaban J connectivity index is 2.42. The average Bonchev–Trinajstić information content (AvgIpc) is 2.43. The van der Waals surface area contributed by atoms with Crippen molar-refractivity contribution in [3.8, 4) is 0 Å². The van der Waals surface area contributed by atoms with E-state index in [1.165, 1.54) is 19.2 Å². The molecule has 0 aliphatic heterocycles. The Hall–Kier alpha value is -1.95. The highest BCUT2D eigenvalue weighted by molar-refractivity contribution is 5.84. The van der Waals surface area contributed by atoms with Crippen molar-refractivity contribution in [2.75, 3.05) is 13.7 Å². The molecular formula is C13H16FNO4. The van der Waals surface area contributed by atoms with Crippen molar-refractivity contribution in [2.45, 2.75) is 18.9 Å². The van der Waals surface area contributed by atoms with Gasteiger partial charge >= 0.3 is 5.97 Å². The van der Waals surface area contributed by atoms with Crippen LogP contribution in [-0.2, 0) is 20.7 Å². The van der Waals surface area contributed by atoms with Gasteiger partial charge in [-0.1, -0.05) is 12.1 Å². The molecule has 19 heavy (non-hydrogen) atoms. The van der Waals surface area contributed by atoms with E-state index in [0.717, 1.165) is 5.56 Å². The molecular weight excluding hydrogens is 253 g/mol. The Kier molecular flexibility index (Phi) is 5.95. The second-order valence-corrected chi connectivity index (χ2v) is 3.95. The zero-order valence-electron chi connectivity index (χ0n) is 10.6. The van der Waals surface area contributed by atoms with Crippen LogP contribution >= 0.6 is 0 Å². The number of hydrogen-bond acceptors (Lipinski definition) is 4. The van der Waals surface area contributed by atoms with Gasteiger partial charge in [0.15, 0.2) is 6.04 Å². The van der Waals surface area contributed by atoms with E-state index in [2.05, 4.69) is 10.1 Å². The van der Waals surface area contributed by atoms with Crippen LogP contribution in [0.25, 0.3) is 0 Å². The highest BCUT2D eigenvalue weighted by Crippen LogP contribution is 2.05. The molecule has 1 aromatic carbocycles. The van der Waals surface area contributed by atoms with Gasteiger partial charge < -0.3 is 15.2 Å². The lowest BCUT2D eigenvalue weighted by Crippen LogP contribution is -2.44. The van der Waals surface area contributed by atoms with E-state index in [0.29, 0.717) is 6.42 Å². The first-order valence-electron chi connectivity index (χ1n) is 5.79. The summed E-state index contributed by atoms with van der Waals surface area (Å²) in [5, 5.41) is 11.3. The van der Waals surface area contributed by atoms with Crippen LogP contribution in [-0.4, -0.2) is 36.7 Å². The first-order valence-corrected chi connectivity index (χ1v) is 5.79. The standard InChI is InChI=1S/C13H16FNO4/c1-19-13(18)11(8-16)15-12(17)7-4-9-2-5-10(14)6-3-9/h2-3,5-6,11,16H,4,7-8H2,1H3,(H,15,17)/t11-/m1/s1. The summed E-state index contributed by atoms with van der Waals surface area (Å²) in [7, 11) is 1.18. The largest absolute Gasteiger partial charge is 0.467 e. The average molecular weight is 269 g/mol. The lowest BCUT2D eigenvalue weighted by molar-refractivity contribution is -0.146. The molecule has 1 aromatic rings. The SMILES string of the molecule is COC(=O)[C@@H](CO)NC(=O)CCc1ccc(F)cc1. The monoisotopic (exact) mass is 269 g/mol. The van der Waals surface area contributed by atoms with Gasteiger partial charge in [-0.05, 0) is 24.1 Å². The number of methoxy groups -OCH3 is 1. The molecule has 6 heteroatoms. The number of aliphatic hydroxyl groups excluding tert-OH is 1. The third kappa shape index (κ3) is 5.05. The highest BCUT2D eigenvalue weighted by atomic mass is 19.1. The minimum Gasteiger partial charge on any atom is -0.467 e. The minimum atomic E-state index is -1.05. The predicted molar refractivity (Wildman–Crippen MR) is 65.8 cm³/mol. The smallest absolute Gasteiger partial charge is 0.330 e. The number of rotatable bonds is 6. The van der Waals surface area contributed by atoms with Crippen LogP contribution in [0.3, 0.4) is 0 Å². The van der Waals surface area contributed by atoms with Crippen LogP contribution in [0, 0.1) is 5.82 Å². The lowest BCUT2D eigenvalue weighted by atomic mass is 10.1. The number of benzene rings is 1. The molecule has 1 amide bonds. The number of carbonyl (C=O) groups is 2. The number of halogens is 1. The summed E-state index contributed by atoms with van der Waals surface area (Å²) in [6.07, 6.45) is 0.560.